The first-order chi connectivity index (χ1) is 22.2. The number of nitrogens with zero attached hydrogens (tertiary/aromatic N) is 5. The van der Waals surface area contributed by atoms with E-state index in [9.17, 15) is 13.2 Å². The lowest BCUT2D eigenvalue weighted by molar-refractivity contribution is 0.102. The van der Waals surface area contributed by atoms with Gasteiger partial charge in [0.1, 0.15) is 11.5 Å². The highest BCUT2D eigenvalue weighted by atomic mass is 32.2. The minimum Gasteiger partial charge on any atom is -0.492 e. The number of anilines is 2. The molecule has 0 saturated heterocycles. The Morgan fingerprint density at radius 2 is 1.74 bits per heavy atom. The van der Waals surface area contributed by atoms with Crippen LogP contribution in [-0.2, 0) is 27.9 Å². The van der Waals surface area contributed by atoms with E-state index in [-0.39, 0.29) is 28.2 Å². The molecule has 1 aliphatic carbocycles. The van der Waals surface area contributed by atoms with Crippen molar-refractivity contribution >= 4 is 27.3 Å². The van der Waals surface area contributed by atoms with Crippen LogP contribution >= 0.6 is 0 Å². The number of imidazole rings is 1. The Balaban J connectivity index is 1.30. The van der Waals surface area contributed by atoms with Crippen LogP contribution in [0.25, 0.3) is 17.1 Å². The summed E-state index contributed by atoms with van der Waals surface area (Å²) in [4.78, 5) is 18.4. The zero-order valence-electron chi connectivity index (χ0n) is 27.6. The average molecular weight is 654 g/mol. The highest BCUT2D eigenvalue weighted by Crippen LogP contribution is 2.51. The Kier molecular flexibility index (Phi) is 7.95. The van der Waals surface area contributed by atoms with E-state index in [1.165, 1.54) is 7.11 Å². The lowest BCUT2D eigenvalue weighted by Crippen LogP contribution is -2.23. The van der Waals surface area contributed by atoms with Gasteiger partial charge in [-0.3, -0.25) is 9.52 Å². The van der Waals surface area contributed by atoms with Crippen LogP contribution in [-0.4, -0.2) is 52.2 Å². The van der Waals surface area contributed by atoms with Crippen molar-refractivity contribution in [2.24, 2.45) is 7.05 Å². The number of carbonyl (C=O) groups is 1. The minimum absolute atomic E-state index is 0.0898. The first kappa shape index (κ1) is 32.0. The van der Waals surface area contributed by atoms with Crippen molar-refractivity contribution < 1.29 is 17.9 Å². The number of sulfonamides is 1. The van der Waals surface area contributed by atoms with E-state index in [4.69, 9.17) is 9.72 Å². The molecular weight excluding hydrogens is 614 g/mol. The van der Waals surface area contributed by atoms with Gasteiger partial charge in [0, 0.05) is 18.0 Å². The lowest BCUT2D eigenvalue weighted by Gasteiger charge is -2.25. The number of hydrogen-bond acceptors (Lipinski definition) is 7. The number of aromatic nitrogens is 5. The quantitative estimate of drug-likeness (QED) is 0.189. The number of aryl methyl sites for hydroxylation is 1. The summed E-state index contributed by atoms with van der Waals surface area (Å²) in [7, 11) is -0.179. The van der Waals surface area contributed by atoms with Gasteiger partial charge in [-0.05, 0) is 80.0 Å². The van der Waals surface area contributed by atoms with Crippen LogP contribution in [0, 0.1) is 6.92 Å². The number of carbonyl (C=O) groups excluding carboxylic acids is 1. The molecule has 1 fully saturated rings. The van der Waals surface area contributed by atoms with Crippen LogP contribution in [0.1, 0.15) is 66.5 Å². The summed E-state index contributed by atoms with van der Waals surface area (Å²) in [6.07, 6.45) is 6.65. The molecule has 5 aromatic rings. The number of benzene rings is 3. The zero-order valence-corrected chi connectivity index (χ0v) is 28.4. The predicted octanol–water partition coefficient (Wildman–Crippen LogP) is 5.99. The van der Waals surface area contributed by atoms with Gasteiger partial charge < -0.3 is 14.6 Å². The van der Waals surface area contributed by atoms with Crippen molar-refractivity contribution in [3.63, 3.8) is 0 Å². The van der Waals surface area contributed by atoms with Gasteiger partial charge in [0.2, 0.25) is 10.0 Å². The van der Waals surface area contributed by atoms with Gasteiger partial charge in [0.25, 0.3) is 5.91 Å². The van der Waals surface area contributed by atoms with Crippen molar-refractivity contribution in [2.45, 2.75) is 51.4 Å². The van der Waals surface area contributed by atoms with E-state index in [2.05, 4.69) is 53.3 Å². The summed E-state index contributed by atoms with van der Waals surface area (Å²) in [6, 6.07) is 19.2. The van der Waals surface area contributed by atoms with E-state index >= 15 is 0 Å². The van der Waals surface area contributed by atoms with Crippen molar-refractivity contribution in [3.05, 3.63) is 101 Å². The molecule has 0 radical (unpaired) electrons. The molecule has 0 spiro atoms. The first-order valence-electron chi connectivity index (χ1n) is 15.3. The van der Waals surface area contributed by atoms with Crippen LogP contribution in [0.3, 0.4) is 0 Å². The van der Waals surface area contributed by atoms with E-state index < -0.39 is 10.0 Å². The summed E-state index contributed by atoms with van der Waals surface area (Å²) < 4.78 is 36.1. The van der Waals surface area contributed by atoms with Crippen LogP contribution in [0.5, 0.6) is 5.75 Å². The normalized spacial score (nSPS) is 14.1. The molecule has 0 bridgehead atoms. The van der Waals surface area contributed by atoms with E-state index in [0.717, 1.165) is 47.3 Å². The van der Waals surface area contributed by atoms with Gasteiger partial charge in [0.05, 0.1) is 48.5 Å². The molecule has 0 aliphatic heterocycles. The molecule has 0 atom stereocenters. The van der Waals surface area contributed by atoms with Crippen LogP contribution < -0.4 is 14.8 Å². The molecule has 6 rings (SSSR count). The van der Waals surface area contributed by atoms with Gasteiger partial charge in [-0.25, -0.2) is 18.1 Å². The molecule has 2 N–H and O–H groups in total. The Bertz CT molecular complexity index is 2100. The highest BCUT2D eigenvalue weighted by molar-refractivity contribution is 7.92. The van der Waals surface area contributed by atoms with Crippen molar-refractivity contribution in [1.82, 2.24) is 24.5 Å². The number of amides is 1. The molecule has 244 valence electrons. The fraction of sp³-hybridized carbons (Fsp3) is 0.314. The maximum absolute atomic E-state index is 13.7. The summed E-state index contributed by atoms with van der Waals surface area (Å²) in [5, 5.41) is 11.8. The monoisotopic (exact) mass is 653 g/mol. The number of rotatable bonds is 10. The third-order valence-corrected chi connectivity index (χ3v) is 9.64. The molecule has 47 heavy (non-hydrogen) atoms. The second-order valence-corrected chi connectivity index (χ2v) is 14.8. The van der Waals surface area contributed by atoms with E-state index in [1.54, 1.807) is 22.9 Å². The Morgan fingerprint density at radius 3 is 2.40 bits per heavy atom. The number of methoxy groups -OCH3 is 1. The molecule has 1 amide bonds. The fourth-order valence-electron chi connectivity index (χ4n) is 5.94. The van der Waals surface area contributed by atoms with Crippen LogP contribution in [0.4, 0.5) is 11.4 Å². The maximum atomic E-state index is 13.7. The van der Waals surface area contributed by atoms with Crippen LogP contribution in [0.15, 0.2) is 73.1 Å². The summed E-state index contributed by atoms with van der Waals surface area (Å²) in [5.74, 6) is 0.747. The average Bonchev–Trinajstić information content (AvgIpc) is 3.39. The second kappa shape index (κ2) is 11.7. The summed E-state index contributed by atoms with van der Waals surface area (Å²) in [5.41, 5.74) is 5.75. The van der Waals surface area contributed by atoms with Gasteiger partial charge in [-0.1, -0.05) is 48.5 Å². The molecule has 11 nitrogen and oxygen atoms in total. The third kappa shape index (κ3) is 6.25. The largest absolute Gasteiger partial charge is 0.492 e. The first-order valence-corrected chi connectivity index (χ1v) is 17.2. The predicted molar refractivity (Wildman–Crippen MR) is 183 cm³/mol. The molecule has 3 aromatic carbocycles. The smallest absolute Gasteiger partial charge is 0.255 e. The molecular formula is C35H39N7O4S. The molecule has 2 heterocycles. The number of hydrogen-bond donors (Lipinski definition) is 2. The Labute approximate surface area is 275 Å². The molecule has 0 unspecified atom stereocenters. The number of nitrogens with one attached hydrogen (secondary N) is 2. The van der Waals surface area contributed by atoms with Crippen molar-refractivity contribution in [2.75, 3.05) is 23.4 Å². The molecule has 12 heteroatoms. The second-order valence-electron chi connectivity index (χ2n) is 13.1. The number of ether oxygens (including phenoxy) is 1. The Hall–Kier alpha value is -4.97. The summed E-state index contributed by atoms with van der Waals surface area (Å²) in [6.45, 7) is 8.34. The lowest BCUT2D eigenvalue weighted by atomic mass is 9.84. The molecule has 1 aliphatic rings. The summed E-state index contributed by atoms with van der Waals surface area (Å²) >= 11 is 0. The van der Waals surface area contributed by atoms with Gasteiger partial charge >= 0.3 is 0 Å². The van der Waals surface area contributed by atoms with Gasteiger partial charge in [-0.2, -0.15) is 0 Å². The third-order valence-electron chi connectivity index (χ3n) is 9.05. The van der Waals surface area contributed by atoms with Gasteiger partial charge in [-0.15, -0.1) is 5.10 Å². The van der Waals surface area contributed by atoms with E-state index in [0.29, 0.717) is 22.6 Å². The van der Waals surface area contributed by atoms with E-state index in [1.807, 2.05) is 61.3 Å². The Morgan fingerprint density at radius 1 is 1.04 bits per heavy atom. The minimum atomic E-state index is -3.59. The SMILES string of the molecule is COc1c(NC(=O)c2ccc(C)c(-n3cc(-c4cnc(C(C)(C)c5ccccc5)n4C)nn3)c2)cc(C2(C)CC2)cc1NS(C)(=O)=O. The standard InChI is InChI=1S/C35H39N7O4S/c1-22-13-14-23(32(43)37-26-18-25(35(4)15-16-35)19-27(31(26)46-6)39-47(7,44)45)17-29(22)42-21-28(38-40-42)30-20-36-33(41(30)5)34(2,3)24-11-9-8-10-12-24/h8-14,17-21,39H,15-16H2,1-7H3,(H,37,43). The molecule has 2 aromatic heterocycles. The van der Waals surface area contributed by atoms with Crippen molar-refractivity contribution in [1.29, 1.82) is 0 Å². The van der Waals surface area contributed by atoms with Crippen molar-refractivity contribution in [3.8, 4) is 22.8 Å². The van der Waals surface area contributed by atoms with Crippen LogP contribution in [0.2, 0.25) is 0 Å². The van der Waals surface area contributed by atoms with Gasteiger partial charge in [0.15, 0.2) is 5.75 Å². The fourth-order valence-corrected chi connectivity index (χ4v) is 6.50. The molecule has 1 saturated carbocycles. The zero-order chi connectivity index (χ0) is 33.7. The highest BCUT2D eigenvalue weighted by Gasteiger charge is 2.40. The topological polar surface area (TPSA) is 133 Å². The maximum Gasteiger partial charge on any atom is 0.255 e.